The molecule has 1 aliphatic heterocycles. The minimum Gasteiger partial charge on any atom is -0.340 e. The van der Waals surface area contributed by atoms with Gasteiger partial charge in [-0.2, -0.15) is 4.98 Å². The van der Waals surface area contributed by atoms with Crippen molar-refractivity contribution in [2.45, 2.75) is 33.4 Å². The van der Waals surface area contributed by atoms with Gasteiger partial charge in [0.2, 0.25) is 5.95 Å². The molecule has 8 nitrogen and oxygen atoms in total. The summed E-state index contributed by atoms with van der Waals surface area (Å²) in [5.41, 5.74) is 1.48. The highest BCUT2D eigenvalue weighted by molar-refractivity contribution is 5.85. The van der Waals surface area contributed by atoms with Crippen molar-refractivity contribution in [3.05, 3.63) is 68.9 Å². The number of hydrogen-bond donors (Lipinski definition) is 1. The number of H-pyrrole nitrogens is 1. The molecule has 8 heteroatoms. The van der Waals surface area contributed by atoms with Crippen molar-refractivity contribution in [3.8, 4) is 0 Å². The Morgan fingerprint density at radius 3 is 2.50 bits per heavy atom. The number of nitrogens with zero attached hydrogens (tertiary/aromatic N) is 5. The smallest absolute Gasteiger partial charge is 0.329 e. The number of rotatable bonds is 6. The molecule has 1 saturated heterocycles. The largest absolute Gasteiger partial charge is 0.340 e. The van der Waals surface area contributed by atoms with E-state index in [-0.39, 0.29) is 5.56 Å². The van der Waals surface area contributed by atoms with Gasteiger partial charge >= 0.3 is 5.69 Å². The highest BCUT2D eigenvalue weighted by Gasteiger charge is 2.25. The van der Waals surface area contributed by atoms with Gasteiger partial charge in [0, 0.05) is 46.3 Å². The lowest BCUT2D eigenvalue weighted by molar-refractivity contribution is 0.249. The molecule has 178 valence electrons. The van der Waals surface area contributed by atoms with Crippen molar-refractivity contribution >= 4 is 27.9 Å². The van der Waals surface area contributed by atoms with Crippen LogP contribution in [-0.4, -0.2) is 50.2 Å². The molecule has 1 aliphatic rings. The number of nitrogens with one attached hydrogen (secondary N) is 1. The van der Waals surface area contributed by atoms with Crippen LogP contribution in [0, 0.1) is 5.92 Å². The van der Waals surface area contributed by atoms with E-state index < -0.39 is 5.69 Å². The van der Waals surface area contributed by atoms with Crippen LogP contribution in [0.5, 0.6) is 0 Å². The second kappa shape index (κ2) is 9.10. The Morgan fingerprint density at radius 1 is 1.00 bits per heavy atom. The van der Waals surface area contributed by atoms with Gasteiger partial charge in [0.25, 0.3) is 5.56 Å². The van der Waals surface area contributed by atoms with Gasteiger partial charge in [-0.1, -0.05) is 56.3 Å². The first-order chi connectivity index (χ1) is 16.4. The van der Waals surface area contributed by atoms with Crippen LogP contribution in [0.3, 0.4) is 0 Å². The SMILES string of the molecule is CC(C)CCn1c(N2CCN(Cc3cccc4ccccc34)CC2)nc2c1c(=O)[nH]c(=O)n2C. The van der Waals surface area contributed by atoms with Crippen LogP contribution in [0.25, 0.3) is 21.9 Å². The van der Waals surface area contributed by atoms with Gasteiger partial charge < -0.3 is 9.47 Å². The monoisotopic (exact) mass is 460 g/mol. The molecule has 0 amide bonds. The number of aryl methyl sites for hydroxylation is 2. The van der Waals surface area contributed by atoms with Crippen LogP contribution < -0.4 is 16.1 Å². The zero-order valence-electron chi connectivity index (χ0n) is 20.1. The molecular weight excluding hydrogens is 428 g/mol. The fraction of sp³-hybridized carbons (Fsp3) is 0.423. The van der Waals surface area contributed by atoms with Gasteiger partial charge in [-0.25, -0.2) is 4.79 Å². The van der Waals surface area contributed by atoms with Crippen molar-refractivity contribution < 1.29 is 0 Å². The Morgan fingerprint density at radius 2 is 1.74 bits per heavy atom. The summed E-state index contributed by atoms with van der Waals surface area (Å²) < 4.78 is 3.44. The van der Waals surface area contributed by atoms with Crippen LogP contribution in [0.2, 0.25) is 0 Å². The molecule has 1 fully saturated rings. The summed E-state index contributed by atoms with van der Waals surface area (Å²) >= 11 is 0. The average molecular weight is 461 g/mol. The third-order valence-corrected chi connectivity index (χ3v) is 6.85. The third-order valence-electron chi connectivity index (χ3n) is 6.85. The molecule has 0 aliphatic carbocycles. The fourth-order valence-corrected chi connectivity index (χ4v) is 4.84. The van der Waals surface area contributed by atoms with Crippen LogP contribution in [-0.2, 0) is 20.1 Å². The molecule has 5 rings (SSSR count). The number of imidazole rings is 1. The molecule has 3 heterocycles. The van der Waals surface area contributed by atoms with E-state index in [1.165, 1.54) is 20.9 Å². The Labute approximate surface area is 198 Å². The summed E-state index contributed by atoms with van der Waals surface area (Å²) in [5.74, 6) is 1.28. The second-order valence-corrected chi connectivity index (χ2v) is 9.64. The molecule has 0 unspecified atom stereocenters. The lowest BCUT2D eigenvalue weighted by Gasteiger charge is -2.35. The molecular formula is C26H32N6O2. The maximum absolute atomic E-state index is 12.7. The number of piperazine rings is 1. The Bertz CT molecular complexity index is 1430. The standard InChI is InChI=1S/C26H32N6O2/c1-18(2)11-12-32-22-23(29(3)26(34)28-24(22)33)27-25(32)31-15-13-30(14-16-31)17-20-9-6-8-19-7-4-5-10-21(19)20/h4-10,18H,11-17H2,1-3H3,(H,28,33,34). The summed E-state index contributed by atoms with van der Waals surface area (Å²) in [6, 6.07) is 15.0. The van der Waals surface area contributed by atoms with Crippen molar-refractivity contribution in [1.29, 1.82) is 0 Å². The molecule has 2 aromatic heterocycles. The van der Waals surface area contributed by atoms with Crippen LogP contribution >= 0.6 is 0 Å². The number of aromatic nitrogens is 4. The third kappa shape index (κ3) is 4.14. The van der Waals surface area contributed by atoms with E-state index in [1.807, 2.05) is 4.57 Å². The number of anilines is 1. The summed E-state index contributed by atoms with van der Waals surface area (Å²) in [7, 11) is 1.66. The van der Waals surface area contributed by atoms with Crippen LogP contribution in [0.1, 0.15) is 25.8 Å². The normalized spacial score (nSPS) is 15.1. The van der Waals surface area contributed by atoms with Gasteiger partial charge in [0.1, 0.15) is 0 Å². The maximum Gasteiger partial charge on any atom is 0.329 e. The highest BCUT2D eigenvalue weighted by atomic mass is 16.2. The maximum atomic E-state index is 12.7. The zero-order valence-corrected chi connectivity index (χ0v) is 20.1. The minimum atomic E-state index is -0.433. The van der Waals surface area contributed by atoms with Gasteiger partial charge in [-0.15, -0.1) is 0 Å². The first kappa shape index (κ1) is 22.4. The summed E-state index contributed by atoms with van der Waals surface area (Å²) in [6.45, 7) is 9.41. The number of benzene rings is 2. The number of hydrogen-bond acceptors (Lipinski definition) is 5. The first-order valence-electron chi connectivity index (χ1n) is 12.1. The number of aromatic amines is 1. The van der Waals surface area contributed by atoms with E-state index in [9.17, 15) is 9.59 Å². The second-order valence-electron chi connectivity index (χ2n) is 9.64. The Hall–Kier alpha value is -3.39. The van der Waals surface area contributed by atoms with E-state index in [0.717, 1.165) is 45.1 Å². The molecule has 1 N–H and O–H groups in total. The lowest BCUT2D eigenvalue weighted by Crippen LogP contribution is -2.47. The molecule has 0 spiro atoms. The van der Waals surface area contributed by atoms with Crippen molar-refractivity contribution in [1.82, 2.24) is 24.0 Å². The highest BCUT2D eigenvalue weighted by Crippen LogP contribution is 2.24. The Kier molecular flexibility index (Phi) is 6.00. The Balaban J connectivity index is 1.40. The average Bonchev–Trinajstić information content (AvgIpc) is 3.22. The molecule has 0 bridgehead atoms. The van der Waals surface area contributed by atoms with Crippen molar-refractivity contribution in [3.63, 3.8) is 0 Å². The van der Waals surface area contributed by atoms with Crippen LogP contribution in [0.15, 0.2) is 52.1 Å². The van der Waals surface area contributed by atoms with Gasteiger partial charge in [-0.3, -0.25) is 19.2 Å². The summed E-state index contributed by atoms with van der Waals surface area (Å²) in [6.07, 6.45) is 0.932. The predicted octanol–water partition coefficient (Wildman–Crippen LogP) is 2.94. The topological polar surface area (TPSA) is 79.2 Å². The number of fused-ring (bicyclic) bond motifs is 2. The molecule has 4 aromatic rings. The molecule has 0 atom stereocenters. The minimum absolute atomic E-state index is 0.366. The van der Waals surface area contributed by atoms with Crippen molar-refractivity contribution in [2.75, 3.05) is 31.1 Å². The van der Waals surface area contributed by atoms with Crippen molar-refractivity contribution in [2.24, 2.45) is 13.0 Å². The van der Waals surface area contributed by atoms with E-state index >= 15 is 0 Å². The van der Waals surface area contributed by atoms with E-state index in [4.69, 9.17) is 4.98 Å². The van der Waals surface area contributed by atoms with E-state index in [2.05, 4.69) is 71.1 Å². The summed E-state index contributed by atoms with van der Waals surface area (Å²) in [5, 5.41) is 2.58. The fourth-order valence-electron chi connectivity index (χ4n) is 4.84. The van der Waals surface area contributed by atoms with Gasteiger partial charge in [0.15, 0.2) is 11.2 Å². The van der Waals surface area contributed by atoms with E-state index in [0.29, 0.717) is 23.6 Å². The lowest BCUT2D eigenvalue weighted by atomic mass is 10.0. The van der Waals surface area contributed by atoms with Crippen LogP contribution in [0.4, 0.5) is 5.95 Å². The predicted molar refractivity (Wildman–Crippen MR) is 136 cm³/mol. The molecule has 34 heavy (non-hydrogen) atoms. The molecule has 0 saturated carbocycles. The van der Waals surface area contributed by atoms with E-state index in [1.54, 1.807) is 7.05 Å². The quantitative estimate of drug-likeness (QED) is 0.479. The van der Waals surface area contributed by atoms with Gasteiger partial charge in [0.05, 0.1) is 0 Å². The molecule has 2 aromatic carbocycles. The first-order valence-corrected chi connectivity index (χ1v) is 12.1. The molecule has 0 radical (unpaired) electrons. The zero-order chi connectivity index (χ0) is 23.8. The summed E-state index contributed by atoms with van der Waals surface area (Å²) in [4.78, 5) is 36.8. The van der Waals surface area contributed by atoms with Gasteiger partial charge in [-0.05, 0) is 28.7 Å².